The summed E-state index contributed by atoms with van der Waals surface area (Å²) < 4.78 is 11.3. The highest BCUT2D eigenvalue weighted by molar-refractivity contribution is 7.99. The molecule has 0 saturated carbocycles. The summed E-state index contributed by atoms with van der Waals surface area (Å²) >= 11 is 3.07. The van der Waals surface area contributed by atoms with Gasteiger partial charge in [0.2, 0.25) is 5.88 Å². The molecule has 3 N–H and O–H groups in total. The molecule has 1 aromatic carbocycles. The Morgan fingerprint density at radius 3 is 3.00 bits per heavy atom. The van der Waals surface area contributed by atoms with Crippen molar-refractivity contribution in [3.05, 3.63) is 35.7 Å². The van der Waals surface area contributed by atoms with Gasteiger partial charge in [-0.25, -0.2) is 4.79 Å². The first-order valence-electron chi connectivity index (χ1n) is 6.05. The van der Waals surface area contributed by atoms with Crippen LogP contribution in [0.25, 0.3) is 10.2 Å². The minimum atomic E-state index is -0.837. The smallest absolute Gasteiger partial charge is 0.411 e. The van der Waals surface area contributed by atoms with Gasteiger partial charge in [0.25, 0.3) is 0 Å². The fourth-order valence-corrected chi connectivity index (χ4v) is 3.91. The predicted molar refractivity (Wildman–Crippen MR) is 83.5 cm³/mol. The van der Waals surface area contributed by atoms with Crippen LogP contribution in [0.15, 0.2) is 45.5 Å². The second kappa shape index (κ2) is 5.71. The first-order chi connectivity index (χ1) is 10.2. The molecule has 3 rings (SSSR count). The van der Waals surface area contributed by atoms with Crippen molar-refractivity contribution in [1.29, 1.82) is 0 Å². The standard InChI is InChI=1S/C14H12N2O3S2/c1-18-8-3-2-4-9(7-8)21-12-11-10(5-6-20-11)16-13(12)19-14(15)17/h2-7,16H,1H3,(H2,15,17). The Bertz CT molecular complexity index is 794. The summed E-state index contributed by atoms with van der Waals surface area (Å²) in [5.41, 5.74) is 6.03. The van der Waals surface area contributed by atoms with Gasteiger partial charge in [-0.15, -0.1) is 11.3 Å². The zero-order valence-corrected chi connectivity index (χ0v) is 12.7. The van der Waals surface area contributed by atoms with E-state index >= 15 is 0 Å². The summed E-state index contributed by atoms with van der Waals surface area (Å²) in [4.78, 5) is 15.9. The van der Waals surface area contributed by atoms with Crippen LogP contribution in [0, 0.1) is 0 Å². The van der Waals surface area contributed by atoms with Crippen LogP contribution in [-0.4, -0.2) is 18.2 Å². The van der Waals surface area contributed by atoms with Crippen molar-refractivity contribution in [3.63, 3.8) is 0 Å². The molecule has 0 atom stereocenters. The number of primary amides is 1. The molecular formula is C14H12N2O3S2. The van der Waals surface area contributed by atoms with Gasteiger partial charge in [-0.2, -0.15) is 0 Å². The maximum absolute atomic E-state index is 11.0. The summed E-state index contributed by atoms with van der Waals surface area (Å²) in [6.07, 6.45) is -0.837. The number of hydrogen-bond acceptors (Lipinski definition) is 5. The monoisotopic (exact) mass is 320 g/mol. The highest BCUT2D eigenvalue weighted by atomic mass is 32.2. The lowest BCUT2D eigenvalue weighted by Gasteiger charge is -2.05. The van der Waals surface area contributed by atoms with Crippen molar-refractivity contribution >= 4 is 39.4 Å². The van der Waals surface area contributed by atoms with E-state index in [4.69, 9.17) is 15.2 Å². The summed E-state index contributed by atoms with van der Waals surface area (Å²) in [7, 11) is 1.62. The van der Waals surface area contributed by atoms with Gasteiger partial charge < -0.3 is 20.2 Å². The van der Waals surface area contributed by atoms with E-state index in [9.17, 15) is 4.79 Å². The molecule has 0 radical (unpaired) electrons. The Morgan fingerprint density at radius 1 is 1.38 bits per heavy atom. The number of fused-ring (bicyclic) bond motifs is 1. The maximum Gasteiger partial charge on any atom is 0.411 e. The fraction of sp³-hybridized carbons (Fsp3) is 0.0714. The number of ether oxygens (including phenoxy) is 2. The molecule has 1 amide bonds. The van der Waals surface area contributed by atoms with Crippen LogP contribution in [0.3, 0.4) is 0 Å². The Morgan fingerprint density at radius 2 is 2.24 bits per heavy atom. The van der Waals surface area contributed by atoms with Crippen LogP contribution in [-0.2, 0) is 0 Å². The van der Waals surface area contributed by atoms with Gasteiger partial charge in [0.05, 0.1) is 22.2 Å². The third-order valence-electron chi connectivity index (χ3n) is 2.79. The number of benzene rings is 1. The van der Waals surface area contributed by atoms with E-state index in [0.29, 0.717) is 5.88 Å². The Balaban J connectivity index is 2.01. The number of methoxy groups -OCH3 is 1. The molecule has 0 aliphatic heterocycles. The van der Waals surface area contributed by atoms with E-state index < -0.39 is 6.09 Å². The fourth-order valence-electron chi connectivity index (χ4n) is 1.91. The lowest BCUT2D eigenvalue weighted by molar-refractivity contribution is 0.208. The molecule has 108 valence electrons. The van der Waals surface area contributed by atoms with Crippen molar-refractivity contribution in [2.24, 2.45) is 5.73 Å². The third kappa shape index (κ3) is 2.84. The second-order valence-corrected chi connectivity index (χ2v) is 6.15. The van der Waals surface area contributed by atoms with Crippen LogP contribution in [0.1, 0.15) is 0 Å². The molecule has 0 aliphatic rings. The van der Waals surface area contributed by atoms with Crippen molar-refractivity contribution in [2.75, 3.05) is 7.11 Å². The average Bonchev–Trinajstić information content (AvgIpc) is 3.02. The molecule has 0 aliphatic carbocycles. The number of nitrogens with two attached hydrogens (primary N) is 1. The molecule has 7 heteroatoms. The summed E-state index contributed by atoms with van der Waals surface area (Å²) in [5, 5.41) is 1.98. The molecule has 5 nitrogen and oxygen atoms in total. The van der Waals surface area contributed by atoms with Crippen molar-refractivity contribution in [1.82, 2.24) is 4.98 Å². The zero-order chi connectivity index (χ0) is 14.8. The maximum atomic E-state index is 11.0. The second-order valence-electron chi connectivity index (χ2n) is 4.15. The van der Waals surface area contributed by atoms with E-state index in [-0.39, 0.29) is 0 Å². The van der Waals surface area contributed by atoms with E-state index in [0.717, 1.165) is 25.8 Å². The number of carbonyl (C=O) groups excluding carboxylic acids is 1. The third-order valence-corrected chi connectivity index (χ3v) is 4.93. The van der Waals surface area contributed by atoms with Gasteiger partial charge in [0, 0.05) is 4.90 Å². The first-order valence-corrected chi connectivity index (χ1v) is 7.75. The number of hydrogen-bond donors (Lipinski definition) is 2. The molecule has 0 unspecified atom stereocenters. The number of carbonyl (C=O) groups is 1. The van der Waals surface area contributed by atoms with E-state index in [1.807, 2.05) is 35.7 Å². The molecule has 2 heterocycles. The van der Waals surface area contributed by atoms with Gasteiger partial charge in [-0.1, -0.05) is 17.8 Å². The number of thiophene rings is 1. The molecule has 0 saturated heterocycles. The van der Waals surface area contributed by atoms with Crippen LogP contribution in [0.2, 0.25) is 0 Å². The topological polar surface area (TPSA) is 77.3 Å². The quantitative estimate of drug-likeness (QED) is 0.765. The number of rotatable bonds is 4. The van der Waals surface area contributed by atoms with Crippen LogP contribution < -0.4 is 15.2 Å². The number of amides is 1. The normalized spacial score (nSPS) is 10.7. The average molecular weight is 320 g/mol. The van der Waals surface area contributed by atoms with Gasteiger partial charge in [0.1, 0.15) is 5.75 Å². The minimum Gasteiger partial charge on any atom is -0.497 e. The molecule has 0 spiro atoms. The Labute approximate surface area is 129 Å². The zero-order valence-electron chi connectivity index (χ0n) is 11.1. The van der Waals surface area contributed by atoms with Crippen LogP contribution in [0.4, 0.5) is 4.79 Å². The van der Waals surface area contributed by atoms with Crippen molar-refractivity contribution < 1.29 is 14.3 Å². The molecule has 2 aromatic heterocycles. The summed E-state index contributed by atoms with van der Waals surface area (Å²) in [6.45, 7) is 0. The molecule has 0 fully saturated rings. The molecular weight excluding hydrogens is 308 g/mol. The number of aromatic nitrogens is 1. The summed E-state index contributed by atoms with van der Waals surface area (Å²) in [6, 6.07) is 9.61. The largest absolute Gasteiger partial charge is 0.497 e. The van der Waals surface area contributed by atoms with Crippen molar-refractivity contribution in [3.8, 4) is 11.6 Å². The van der Waals surface area contributed by atoms with Gasteiger partial charge in [0.15, 0.2) is 0 Å². The first kappa shape index (κ1) is 13.8. The summed E-state index contributed by atoms with van der Waals surface area (Å²) in [5.74, 6) is 1.15. The number of nitrogens with one attached hydrogen (secondary N) is 1. The highest BCUT2D eigenvalue weighted by Crippen LogP contribution is 2.43. The predicted octanol–water partition coefficient (Wildman–Crippen LogP) is 3.85. The number of aromatic amines is 1. The van der Waals surface area contributed by atoms with Gasteiger partial charge in [-0.05, 0) is 29.6 Å². The Hall–Kier alpha value is -2.12. The van der Waals surface area contributed by atoms with Crippen molar-refractivity contribution in [2.45, 2.75) is 9.79 Å². The lowest BCUT2D eigenvalue weighted by atomic mass is 10.3. The van der Waals surface area contributed by atoms with Gasteiger partial charge >= 0.3 is 6.09 Å². The molecule has 3 aromatic rings. The van der Waals surface area contributed by atoms with E-state index in [2.05, 4.69) is 4.98 Å². The number of H-pyrrole nitrogens is 1. The van der Waals surface area contributed by atoms with E-state index in [1.165, 1.54) is 11.8 Å². The SMILES string of the molecule is COc1cccc(Sc2c(OC(N)=O)[nH]c3ccsc23)c1. The van der Waals surface area contributed by atoms with E-state index in [1.54, 1.807) is 18.4 Å². The lowest BCUT2D eigenvalue weighted by Crippen LogP contribution is -2.16. The molecule has 0 bridgehead atoms. The Kier molecular flexibility index (Phi) is 3.76. The minimum absolute atomic E-state index is 0.372. The highest BCUT2D eigenvalue weighted by Gasteiger charge is 2.17. The van der Waals surface area contributed by atoms with Crippen LogP contribution in [0.5, 0.6) is 11.6 Å². The van der Waals surface area contributed by atoms with Gasteiger partial charge in [-0.3, -0.25) is 0 Å². The van der Waals surface area contributed by atoms with Crippen LogP contribution >= 0.6 is 23.1 Å². The molecule has 21 heavy (non-hydrogen) atoms.